The van der Waals surface area contributed by atoms with Crippen molar-refractivity contribution in [3.63, 3.8) is 0 Å². The van der Waals surface area contributed by atoms with Crippen molar-refractivity contribution in [1.82, 2.24) is 10.2 Å². The second-order valence-corrected chi connectivity index (χ2v) is 9.92. The molecule has 2 fully saturated rings. The van der Waals surface area contributed by atoms with Crippen LogP contribution >= 0.6 is 0 Å². The number of fused-ring (bicyclic) bond motifs is 1. The summed E-state index contributed by atoms with van der Waals surface area (Å²) in [6.07, 6.45) is 2.89. The average Bonchev–Trinajstić information content (AvgIpc) is 2.82. The summed E-state index contributed by atoms with van der Waals surface area (Å²) < 4.78 is 39.0. The van der Waals surface area contributed by atoms with E-state index in [0.717, 1.165) is 56.3 Å². The van der Waals surface area contributed by atoms with Crippen molar-refractivity contribution in [3.8, 4) is 5.75 Å². The third-order valence-corrected chi connectivity index (χ3v) is 8.22. The number of hydrogen-bond donors (Lipinski definition) is 2. The number of hydrogen-bond acceptors (Lipinski definition) is 3. The molecule has 34 heavy (non-hydrogen) atoms. The zero-order valence-electron chi connectivity index (χ0n) is 19.1. The molecule has 2 N–H and O–H groups in total. The SMILES string of the molecule is CN(C(=O)C=Cc1cccc(C(F)(F)F)c1)[C@H]1CC[C@H]2[C@H]3Cc4c(O)cccc4[C@@]2(CCN3)C1. The second kappa shape index (κ2) is 8.45. The lowest BCUT2D eigenvalue weighted by molar-refractivity contribution is -0.137. The highest BCUT2D eigenvalue weighted by Gasteiger charge is 2.54. The number of phenolic OH excluding ortho intramolecular Hbond substituents is 1. The molecule has 1 amide bonds. The molecule has 3 aliphatic rings. The molecule has 2 aromatic carbocycles. The van der Waals surface area contributed by atoms with Crippen LogP contribution in [0, 0.1) is 5.92 Å². The van der Waals surface area contributed by atoms with Gasteiger partial charge in [0.15, 0.2) is 0 Å². The second-order valence-electron chi connectivity index (χ2n) is 9.92. The van der Waals surface area contributed by atoms with Crippen molar-refractivity contribution in [2.75, 3.05) is 13.6 Å². The predicted molar refractivity (Wildman–Crippen MR) is 124 cm³/mol. The first-order chi connectivity index (χ1) is 16.2. The number of phenols is 1. The zero-order valence-corrected chi connectivity index (χ0v) is 19.1. The van der Waals surface area contributed by atoms with Gasteiger partial charge in [0.05, 0.1) is 5.56 Å². The molecule has 1 saturated heterocycles. The summed E-state index contributed by atoms with van der Waals surface area (Å²) in [6.45, 7) is 0.913. The highest BCUT2D eigenvalue weighted by Crippen LogP contribution is 2.55. The van der Waals surface area contributed by atoms with Gasteiger partial charge in [0, 0.05) is 30.6 Å². The van der Waals surface area contributed by atoms with E-state index in [0.29, 0.717) is 23.3 Å². The molecular weight excluding hydrogens is 441 g/mol. The van der Waals surface area contributed by atoms with Crippen LogP contribution in [-0.2, 0) is 22.8 Å². The zero-order chi connectivity index (χ0) is 24.1. The lowest BCUT2D eigenvalue weighted by Gasteiger charge is -2.58. The Bertz CT molecular complexity index is 1130. The van der Waals surface area contributed by atoms with E-state index in [-0.39, 0.29) is 17.4 Å². The number of alkyl halides is 3. The number of nitrogens with zero attached hydrogens (tertiary/aromatic N) is 1. The first-order valence-corrected chi connectivity index (χ1v) is 11.9. The van der Waals surface area contributed by atoms with E-state index in [1.54, 1.807) is 24.1 Å². The minimum absolute atomic E-state index is 0.0296. The topological polar surface area (TPSA) is 52.6 Å². The van der Waals surface area contributed by atoms with Gasteiger partial charge in [0.2, 0.25) is 5.91 Å². The van der Waals surface area contributed by atoms with Gasteiger partial charge in [-0.25, -0.2) is 0 Å². The van der Waals surface area contributed by atoms with Crippen molar-refractivity contribution in [3.05, 3.63) is 70.8 Å². The number of benzene rings is 2. The Balaban J connectivity index is 1.37. The molecule has 180 valence electrons. The molecule has 4 nitrogen and oxygen atoms in total. The van der Waals surface area contributed by atoms with E-state index in [2.05, 4.69) is 11.4 Å². The molecule has 2 aliphatic carbocycles. The molecule has 0 unspecified atom stereocenters. The molecule has 0 radical (unpaired) electrons. The fourth-order valence-corrected chi connectivity index (χ4v) is 6.57. The van der Waals surface area contributed by atoms with Crippen LogP contribution in [0.15, 0.2) is 48.5 Å². The van der Waals surface area contributed by atoms with Gasteiger partial charge in [0.1, 0.15) is 5.75 Å². The first-order valence-electron chi connectivity index (χ1n) is 11.9. The van der Waals surface area contributed by atoms with Crippen LogP contribution in [0.3, 0.4) is 0 Å². The summed E-state index contributed by atoms with van der Waals surface area (Å²) in [4.78, 5) is 14.7. The molecular formula is C27H29F3N2O2. The monoisotopic (exact) mass is 470 g/mol. The van der Waals surface area contributed by atoms with Crippen LogP contribution in [0.4, 0.5) is 13.2 Å². The van der Waals surface area contributed by atoms with Crippen molar-refractivity contribution in [2.24, 2.45) is 5.92 Å². The Morgan fingerprint density at radius 2 is 2.00 bits per heavy atom. The Morgan fingerprint density at radius 3 is 2.79 bits per heavy atom. The standard InChI is InChI=1S/C27H29F3N2O2/c1-32(25(34)11-8-17-4-2-5-18(14-17)27(28,29)30)19-9-10-22-23-15-20-21(6-3-7-24(20)33)26(22,16-19)12-13-31-23/h2-8,11,14,19,22-23,31,33H,9-10,12-13,15-16H2,1H3/t19-,22-,23+,26+/m0/s1. The number of aromatic hydroxyl groups is 1. The lowest BCUT2D eigenvalue weighted by Crippen LogP contribution is -2.62. The van der Waals surface area contributed by atoms with Crippen molar-refractivity contribution in [1.29, 1.82) is 0 Å². The fourth-order valence-electron chi connectivity index (χ4n) is 6.57. The van der Waals surface area contributed by atoms with Gasteiger partial charge in [-0.1, -0.05) is 24.3 Å². The molecule has 2 bridgehead atoms. The summed E-state index contributed by atoms with van der Waals surface area (Å²) in [5.41, 5.74) is 1.78. The number of carbonyl (C=O) groups is 1. The Hall–Kier alpha value is -2.80. The average molecular weight is 471 g/mol. The number of rotatable bonds is 3. The molecule has 0 spiro atoms. The van der Waals surface area contributed by atoms with Crippen molar-refractivity contribution >= 4 is 12.0 Å². The van der Waals surface area contributed by atoms with Crippen molar-refractivity contribution < 1.29 is 23.1 Å². The maximum Gasteiger partial charge on any atom is 0.416 e. The van der Waals surface area contributed by atoms with E-state index in [9.17, 15) is 23.1 Å². The van der Waals surface area contributed by atoms with Crippen LogP contribution in [-0.4, -0.2) is 41.6 Å². The summed E-state index contributed by atoms with van der Waals surface area (Å²) in [5, 5.41) is 14.2. The first kappa shape index (κ1) is 23.0. The van der Waals surface area contributed by atoms with Crippen LogP contribution in [0.25, 0.3) is 6.08 Å². The molecule has 5 rings (SSSR count). The Kier molecular flexibility index (Phi) is 5.71. The third-order valence-electron chi connectivity index (χ3n) is 8.22. The lowest BCUT2D eigenvalue weighted by atomic mass is 9.52. The number of amides is 1. The van der Waals surface area contributed by atoms with Crippen LogP contribution < -0.4 is 5.32 Å². The van der Waals surface area contributed by atoms with Gasteiger partial charge >= 0.3 is 6.18 Å². The smallest absolute Gasteiger partial charge is 0.416 e. The van der Waals surface area contributed by atoms with Crippen LogP contribution in [0.1, 0.15) is 47.9 Å². The van der Waals surface area contributed by atoms with E-state index in [1.165, 1.54) is 23.8 Å². The maximum atomic E-state index is 13.0. The molecule has 1 heterocycles. The number of halogens is 3. The number of piperidine rings is 1. The summed E-state index contributed by atoms with van der Waals surface area (Å²) >= 11 is 0. The highest BCUT2D eigenvalue weighted by atomic mass is 19.4. The van der Waals surface area contributed by atoms with E-state index >= 15 is 0 Å². The van der Waals surface area contributed by atoms with E-state index in [4.69, 9.17) is 0 Å². The van der Waals surface area contributed by atoms with E-state index < -0.39 is 11.7 Å². The Morgan fingerprint density at radius 1 is 1.21 bits per heavy atom. The predicted octanol–water partition coefficient (Wildman–Crippen LogP) is 4.91. The van der Waals surface area contributed by atoms with Gasteiger partial charge in [-0.05, 0) is 85.5 Å². The number of nitrogens with one attached hydrogen (secondary N) is 1. The summed E-state index contributed by atoms with van der Waals surface area (Å²) in [6, 6.07) is 11.1. The van der Waals surface area contributed by atoms with Gasteiger partial charge in [-0.3, -0.25) is 4.79 Å². The normalized spacial score (nSPS) is 28.3. The molecule has 0 aromatic heterocycles. The quantitative estimate of drug-likeness (QED) is 0.627. The van der Waals surface area contributed by atoms with Gasteiger partial charge in [-0.15, -0.1) is 0 Å². The minimum atomic E-state index is -4.42. The summed E-state index contributed by atoms with van der Waals surface area (Å²) in [5.74, 6) is 0.602. The van der Waals surface area contributed by atoms with Gasteiger partial charge < -0.3 is 15.3 Å². The van der Waals surface area contributed by atoms with Gasteiger partial charge in [-0.2, -0.15) is 13.2 Å². The van der Waals surface area contributed by atoms with Crippen LogP contribution in [0.5, 0.6) is 5.75 Å². The molecule has 1 aliphatic heterocycles. The largest absolute Gasteiger partial charge is 0.508 e. The Labute approximate surface area is 197 Å². The molecule has 7 heteroatoms. The molecule has 2 aromatic rings. The minimum Gasteiger partial charge on any atom is -0.508 e. The van der Waals surface area contributed by atoms with Crippen LogP contribution in [0.2, 0.25) is 0 Å². The molecule has 1 saturated carbocycles. The van der Waals surface area contributed by atoms with Gasteiger partial charge in [0.25, 0.3) is 0 Å². The van der Waals surface area contributed by atoms with E-state index in [1.807, 2.05) is 6.07 Å². The molecule has 4 atom stereocenters. The number of carbonyl (C=O) groups excluding carboxylic acids is 1. The number of likely N-dealkylation sites (N-methyl/N-ethyl adjacent to an activating group) is 1. The third kappa shape index (κ3) is 3.90. The maximum absolute atomic E-state index is 13.0. The van der Waals surface area contributed by atoms with Crippen molar-refractivity contribution in [2.45, 2.75) is 55.8 Å². The highest BCUT2D eigenvalue weighted by molar-refractivity contribution is 5.91. The fraction of sp³-hybridized carbons (Fsp3) is 0.444. The summed E-state index contributed by atoms with van der Waals surface area (Å²) in [7, 11) is 1.78.